The fourth-order valence-electron chi connectivity index (χ4n) is 3.41. The van der Waals surface area contributed by atoms with Crippen LogP contribution in [0.2, 0.25) is 5.02 Å². The molecule has 0 saturated carbocycles. The molecular weight excluding hydrogens is 262 g/mol. The van der Waals surface area contributed by atoms with Gasteiger partial charge in [0.25, 0.3) is 6.01 Å². The molecule has 3 heterocycles. The molecule has 100 valence electrons. The third-order valence-corrected chi connectivity index (χ3v) is 4.51. The first-order valence-corrected chi connectivity index (χ1v) is 7.06. The van der Waals surface area contributed by atoms with Crippen LogP contribution in [0.25, 0.3) is 11.1 Å². The number of hydrogen-bond acceptors (Lipinski definition) is 4. The molecule has 4 nitrogen and oxygen atoms in total. The van der Waals surface area contributed by atoms with Gasteiger partial charge in [-0.15, -0.1) is 0 Å². The molecule has 2 aromatic rings. The Kier molecular flexibility index (Phi) is 2.50. The molecule has 1 aromatic heterocycles. The topological polar surface area (TPSA) is 32.5 Å². The Morgan fingerprint density at radius 1 is 1.21 bits per heavy atom. The number of rotatable bonds is 1. The van der Waals surface area contributed by atoms with Crippen LogP contribution in [-0.2, 0) is 0 Å². The number of oxazole rings is 1. The summed E-state index contributed by atoms with van der Waals surface area (Å²) in [6.45, 7) is 4.48. The number of benzene rings is 1. The molecule has 2 fully saturated rings. The lowest BCUT2D eigenvalue weighted by molar-refractivity contribution is 0.384. The summed E-state index contributed by atoms with van der Waals surface area (Å²) in [4.78, 5) is 9.26. The number of halogens is 1. The summed E-state index contributed by atoms with van der Waals surface area (Å²) in [5.74, 6) is 1.51. The molecule has 0 bridgehead atoms. The van der Waals surface area contributed by atoms with Gasteiger partial charge in [0.2, 0.25) is 0 Å². The van der Waals surface area contributed by atoms with E-state index in [2.05, 4.69) is 21.8 Å². The van der Waals surface area contributed by atoms with E-state index >= 15 is 0 Å². The van der Waals surface area contributed by atoms with E-state index in [4.69, 9.17) is 16.0 Å². The van der Waals surface area contributed by atoms with Crippen molar-refractivity contribution in [2.45, 2.75) is 0 Å². The van der Waals surface area contributed by atoms with Gasteiger partial charge in [0.15, 0.2) is 5.58 Å². The van der Waals surface area contributed by atoms with Crippen LogP contribution in [0.15, 0.2) is 22.6 Å². The summed E-state index contributed by atoms with van der Waals surface area (Å²) in [6, 6.07) is 6.34. The molecule has 0 spiro atoms. The van der Waals surface area contributed by atoms with Gasteiger partial charge in [-0.2, -0.15) is 4.98 Å². The van der Waals surface area contributed by atoms with Crippen molar-refractivity contribution >= 4 is 28.7 Å². The van der Waals surface area contributed by atoms with E-state index in [0.29, 0.717) is 5.02 Å². The molecule has 2 atom stereocenters. The van der Waals surface area contributed by atoms with Crippen LogP contribution in [0.1, 0.15) is 0 Å². The third kappa shape index (κ3) is 1.90. The largest absolute Gasteiger partial charge is 0.423 e. The van der Waals surface area contributed by atoms with Gasteiger partial charge in [0.1, 0.15) is 5.52 Å². The summed E-state index contributed by atoms with van der Waals surface area (Å²) >= 11 is 5.97. The Hall–Kier alpha value is -1.26. The van der Waals surface area contributed by atoms with E-state index in [1.807, 2.05) is 18.2 Å². The number of hydrogen-bond donors (Lipinski definition) is 0. The number of anilines is 1. The quantitative estimate of drug-likeness (QED) is 0.802. The SMILES string of the molecule is CN1CC2CN(c3nc4ccc(Cl)cc4o3)CC2C1. The van der Waals surface area contributed by atoms with Crippen molar-refractivity contribution in [2.24, 2.45) is 11.8 Å². The second-order valence-corrected chi connectivity index (χ2v) is 6.19. The van der Waals surface area contributed by atoms with Crippen molar-refractivity contribution in [3.05, 3.63) is 23.2 Å². The predicted molar refractivity (Wildman–Crippen MR) is 75.7 cm³/mol. The van der Waals surface area contributed by atoms with E-state index in [1.54, 1.807) is 0 Å². The van der Waals surface area contributed by atoms with Crippen molar-refractivity contribution in [3.63, 3.8) is 0 Å². The second-order valence-electron chi connectivity index (χ2n) is 5.75. The second kappa shape index (κ2) is 4.12. The number of likely N-dealkylation sites (tertiary alicyclic amines) is 1. The van der Waals surface area contributed by atoms with Gasteiger partial charge >= 0.3 is 0 Å². The Labute approximate surface area is 116 Å². The van der Waals surface area contributed by atoms with Crippen LogP contribution in [0.4, 0.5) is 6.01 Å². The minimum Gasteiger partial charge on any atom is -0.423 e. The lowest BCUT2D eigenvalue weighted by atomic mass is 10.0. The molecular formula is C14H16ClN3O. The van der Waals surface area contributed by atoms with Gasteiger partial charge in [0.05, 0.1) is 0 Å². The van der Waals surface area contributed by atoms with E-state index in [-0.39, 0.29) is 0 Å². The number of aromatic nitrogens is 1. The van der Waals surface area contributed by atoms with E-state index in [9.17, 15) is 0 Å². The van der Waals surface area contributed by atoms with Crippen LogP contribution in [-0.4, -0.2) is 43.1 Å². The first kappa shape index (κ1) is 11.6. The normalized spacial score (nSPS) is 27.4. The molecule has 2 aliphatic rings. The van der Waals surface area contributed by atoms with Crippen LogP contribution in [0, 0.1) is 11.8 Å². The Morgan fingerprint density at radius 3 is 2.68 bits per heavy atom. The van der Waals surface area contributed by atoms with E-state index in [1.165, 1.54) is 13.1 Å². The fraction of sp³-hybridized carbons (Fsp3) is 0.500. The van der Waals surface area contributed by atoms with Gasteiger partial charge in [-0.05, 0) is 31.0 Å². The predicted octanol–water partition coefficient (Wildman–Crippen LogP) is 2.48. The lowest BCUT2D eigenvalue weighted by Crippen LogP contribution is -2.26. The maximum absolute atomic E-state index is 5.97. The highest BCUT2D eigenvalue weighted by atomic mass is 35.5. The molecule has 0 radical (unpaired) electrons. The van der Waals surface area contributed by atoms with Crippen molar-refractivity contribution in [3.8, 4) is 0 Å². The van der Waals surface area contributed by atoms with Crippen molar-refractivity contribution in [1.29, 1.82) is 0 Å². The van der Waals surface area contributed by atoms with Crippen LogP contribution < -0.4 is 4.90 Å². The minimum absolute atomic E-state index is 0.690. The Bertz CT molecular complexity index is 612. The van der Waals surface area contributed by atoms with Crippen molar-refractivity contribution in [1.82, 2.24) is 9.88 Å². The average molecular weight is 278 g/mol. The zero-order chi connectivity index (χ0) is 13.0. The smallest absolute Gasteiger partial charge is 0.298 e. The maximum atomic E-state index is 5.97. The highest BCUT2D eigenvalue weighted by molar-refractivity contribution is 6.31. The molecule has 4 rings (SSSR count). The highest BCUT2D eigenvalue weighted by Gasteiger charge is 2.40. The summed E-state index contributed by atoms with van der Waals surface area (Å²) in [5, 5.41) is 0.690. The first-order valence-electron chi connectivity index (χ1n) is 6.68. The van der Waals surface area contributed by atoms with E-state index in [0.717, 1.165) is 42.0 Å². The Balaban J connectivity index is 1.62. The zero-order valence-electron chi connectivity index (χ0n) is 10.8. The summed E-state index contributed by atoms with van der Waals surface area (Å²) in [5.41, 5.74) is 1.66. The molecule has 1 aromatic carbocycles. The Morgan fingerprint density at radius 2 is 1.95 bits per heavy atom. The van der Waals surface area contributed by atoms with Crippen LogP contribution in [0.5, 0.6) is 0 Å². The zero-order valence-corrected chi connectivity index (χ0v) is 11.6. The van der Waals surface area contributed by atoms with Crippen molar-refractivity contribution in [2.75, 3.05) is 38.1 Å². The van der Waals surface area contributed by atoms with Crippen molar-refractivity contribution < 1.29 is 4.42 Å². The average Bonchev–Trinajstić information content (AvgIpc) is 2.99. The molecule has 0 N–H and O–H groups in total. The summed E-state index contributed by atoms with van der Waals surface area (Å²) < 4.78 is 5.84. The monoisotopic (exact) mass is 277 g/mol. The van der Waals surface area contributed by atoms with E-state index < -0.39 is 0 Å². The number of nitrogens with zero attached hydrogens (tertiary/aromatic N) is 3. The minimum atomic E-state index is 0.690. The number of fused-ring (bicyclic) bond motifs is 2. The van der Waals surface area contributed by atoms with Gasteiger partial charge in [-0.3, -0.25) is 0 Å². The molecule has 5 heteroatoms. The van der Waals surface area contributed by atoms with Gasteiger partial charge in [-0.1, -0.05) is 11.6 Å². The van der Waals surface area contributed by atoms with Crippen LogP contribution >= 0.6 is 11.6 Å². The van der Waals surface area contributed by atoms with Crippen LogP contribution in [0.3, 0.4) is 0 Å². The van der Waals surface area contributed by atoms with Gasteiger partial charge in [0, 0.05) is 37.3 Å². The maximum Gasteiger partial charge on any atom is 0.298 e. The molecule has 0 aliphatic carbocycles. The molecule has 2 unspecified atom stereocenters. The lowest BCUT2D eigenvalue weighted by Gasteiger charge is -2.16. The summed E-state index contributed by atoms with van der Waals surface area (Å²) in [6.07, 6.45) is 0. The molecule has 2 aliphatic heterocycles. The molecule has 0 amide bonds. The first-order chi connectivity index (χ1) is 9.19. The summed E-state index contributed by atoms with van der Waals surface area (Å²) in [7, 11) is 2.20. The molecule has 19 heavy (non-hydrogen) atoms. The fourth-order valence-corrected chi connectivity index (χ4v) is 3.57. The third-order valence-electron chi connectivity index (χ3n) is 4.28. The van der Waals surface area contributed by atoms with Gasteiger partial charge in [-0.25, -0.2) is 0 Å². The standard InChI is InChI=1S/C14H16ClN3O/c1-17-5-9-7-18(8-10(9)6-17)14-16-12-3-2-11(15)4-13(12)19-14/h2-4,9-10H,5-8H2,1H3. The van der Waals surface area contributed by atoms with Gasteiger partial charge < -0.3 is 14.2 Å². The molecule has 2 saturated heterocycles. The highest BCUT2D eigenvalue weighted by Crippen LogP contribution is 2.34.